The first-order valence-electron chi connectivity index (χ1n) is 20.3. The average Bonchev–Trinajstić information content (AvgIpc) is 3.07. The molecule has 2 N–H and O–H groups in total. The molecule has 1 aliphatic rings. The molecule has 0 atom stereocenters. The molecule has 8 bridgehead atoms. The Bertz CT molecular complexity index is 1790. The lowest BCUT2D eigenvalue weighted by molar-refractivity contribution is 0.336. The number of thioether (sulfide) groups is 2. The molecule has 0 amide bonds. The molecule has 4 aromatic carbocycles. The Labute approximate surface area is 347 Å². The van der Waals surface area contributed by atoms with Crippen LogP contribution < -0.4 is 9.47 Å². The number of phenolic OH excluding ortho intramolecular Hbond substituents is 2. The Morgan fingerprint density at radius 1 is 0.411 bits per heavy atom. The molecule has 0 aromatic heterocycles. The molecular weight excluding hydrogens is 729 g/mol. The molecular formula is C50H68O4S2. The summed E-state index contributed by atoms with van der Waals surface area (Å²) in [6.45, 7) is 28.1. The molecule has 0 heterocycles. The Balaban J connectivity index is 1.93. The molecule has 0 saturated carbocycles. The Kier molecular flexibility index (Phi) is 13.3. The van der Waals surface area contributed by atoms with Crippen molar-refractivity contribution in [3.05, 3.63) is 115 Å². The van der Waals surface area contributed by atoms with Crippen LogP contribution in [0.25, 0.3) is 0 Å². The fraction of sp³-hybridized carbons (Fsp3) is 0.520. The zero-order valence-electron chi connectivity index (χ0n) is 36.8. The van der Waals surface area contributed by atoms with Gasteiger partial charge in [0.2, 0.25) is 0 Å². The van der Waals surface area contributed by atoms with Gasteiger partial charge < -0.3 is 19.7 Å². The second-order valence-corrected chi connectivity index (χ2v) is 21.9. The smallest absolute Gasteiger partial charge is 0.126 e. The highest BCUT2D eigenvalue weighted by molar-refractivity contribution is 7.98. The zero-order valence-corrected chi connectivity index (χ0v) is 38.4. The van der Waals surface area contributed by atoms with E-state index in [1.807, 2.05) is 0 Å². The van der Waals surface area contributed by atoms with Crippen molar-refractivity contribution >= 4 is 23.5 Å². The van der Waals surface area contributed by atoms with E-state index in [4.69, 9.17) is 9.47 Å². The summed E-state index contributed by atoms with van der Waals surface area (Å²) in [7, 11) is 0. The number of fused-ring (bicyclic) bond motifs is 8. The van der Waals surface area contributed by atoms with E-state index in [-0.39, 0.29) is 21.7 Å². The van der Waals surface area contributed by atoms with Crippen molar-refractivity contribution in [1.29, 1.82) is 0 Å². The van der Waals surface area contributed by atoms with Gasteiger partial charge in [-0.2, -0.15) is 23.5 Å². The normalized spacial score (nSPS) is 13.8. The van der Waals surface area contributed by atoms with Crippen LogP contribution in [0.2, 0.25) is 0 Å². The van der Waals surface area contributed by atoms with E-state index in [0.29, 0.717) is 50.4 Å². The van der Waals surface area contributed by atoms with Crippen LogP contribution in [-0.2, 0) is 47.3 Å². The zero-order chi connectivity index (χ0) is 41.4. The number of hydrogen-bond donors (Lipinski definition) is 2. The molecule has 0 aliphatic heterocycles. The monoisotopic (exact) mass is 796 g/mol. The van der Waals surface area contributed by atoms with Gasteiger partial charge in [0.15, 0.2) is 0 Å². The van der Waals surface area contributed by atoms with E-state index in [1.54, 1.807) is 23.5 Å². The highest BCUT2D eigenvalue weighted by atomic mass is 32.2. The molecule has 5 rings (SSSR count). The predicted molar refractivity (Wildman–Crippen MR) is 243 cm³/mol. The lowest BCUT2D eigenvalue weighted by Gasteiger charge is -2.28. The summed E-state index contributed by atoms with van der Waals surface area (Å²) in [5, 5.41) is 24.8. The number of aromatic hydroxyl groups is 2. The van der Waals surface area contributed by atoms with Crippen molar-refractivity contribution < 1.29 is 19.7 Å². The maximum atomic E-state index is 12.4. The van der Waals surface area contributed by atoms with Gasteiger partial charge in [-0.15, -0.1) is 0 Å². The third-order valence-corrected chi connectivity index (χ3v) is 12.2. The van der Waals surface area contributed by atoms with Crippen LogP contribution in [0.3, 0.4) is 0 Å². The molecule has 0 unspecified atom stereocenters. The Morgan fingerprint density at radius 2 is 0.625 bits per heavy atom. The summed E-state index contributed by atoms with van der Waals surface area (Å²) in [4.78, 5) is 0. The summed E-state index contributed by atoms with van der Waals surface area (Å²) in [6.07, 6.45) is 6.25. The second-order valence-electron chi connectivity index (χ2n) is 19.9. The van der Waals surface area contributed by atoms with Crippen molar-refractivity contribution in [1.82, 2.24) is 0 Å². The van der Waals surface area contributed by atoms with Gasteiger partial charge in [0, 0.05) is 37.2 Å². The van der Waals surface area contributed by atoms with Crippen LogP contribution in [0.1, 0.15) is 150 Å². The van der Waals surface area contributed by atoms with E-state index < -0.39 is 0 Å². The van der Waals surface area contributed by atoms with Crippen molar-refractivity contribution in [3.8, 4) is 23.0 Å². The van der Waals surface area contributed by atoms with Gasteiger partial charge in [0.25, 0.3) is 0 Å². The number of hydrogen-bond acceptors (Lipinski definition) is 6. The van der Waals surface area contributed by atoms with Gasteiger partial charge >= 0.3 is 0 Å². The topological polar surface area (TPSA) is 58.9 Å². The first-order chi connectivity index (χ1) is 26.0. The van der Waals surface area contributed by atoms with E-state index in [0.717, 1.165) is 67.5 Å². The van der Waals surface area contributed by atoms with Gasteiger partial charge in [-0.05, 0) is 101 Å². The number of phenols is 2. The van der Waals surface area contributed by atoms with Crippen LogP contribution in [0.4, 0.5) is 0 Å². The number of rotatable bonds is 8. The predicted octanol–water partition coefficient (Wildman–Crippen LogP) is 12.4. The van der Waals surface area contributed by atoms with Gasteiger partial charge in [-0.3, -0.25) is 0 Å². The standard InChI is InChI=1S/C50H68O4S2/c1-47(2,3)39-23-31-19-35-27-41(49(7,8)9)29-37(45(35)53-15-17-55-13)21-33-25-40(48(4,5)6)26-34(44(33)52)22-38-30-42(50(10,11)12)28-36(20-32(24-39)43(31)51)46(38)54-16-18-56-14/h23-30,51-52H,15-22H2,1-14H3. The molecule has 0 radical (unpaired) electrons. The molecule has 1 aliphatic carbocycles. The minimum Gasteiger partial charge on any atom is -0.507 e. The Hall–Kier alpha value is -3.22. The minimum absolute atomic E-state index is 0.136. The van der Waals surface area contributed by atoms with Crippen molar-refractivity contribution in [3.63, 3.8) is 0 Å². The number of benzene rings is 4. The summed E-state index contributed by atoms with van der Waals surface area (Å²) < 4.78 is 13.6. The first-order valence-corrected chi connectivity index (χ1v) is 23.1. The van der Waals surface area contributed by atoms with Crippen LogP contribution >= 0.6 is 23.5 Å². The summed E-state index contributed by atoms with van der Waals surface area (Å²) in [5.74, 6) is 4.09. The van der Waals surface area contributed by atoms with Crippen molar-refractivity contribution in [2.24, 2.45) is 0 Å². The van der Waals surface area contributed by atoms with Gasteiger partial charge in [-0.1, -0.05) is 132 Å². The molecule has 6 heteroatoms. The Morgan fingerprint density at radius 3 is 0.821 bits per heavy atom. The summed E-state index contributed by atoms with van der Waals surface area (Å²) in [5.41, 5.74) is 12.0. The maximum absolute atomic E-state index is 12.4. The average molecular weight is 797 g/mol. The first kappa shape index (κ1) is 43.9. The van der Waals surface area contributed by atoms with Crippen LogP contribution in [0, 0.1) is 0 Å². The SMILES string of the molecule is CSCCOc1c2cc(C(C)(C)C)cc1Cc1cc(C(C)(C)C)cc(c1O)Cc1cc(C(C)(C)C)cc(c1OCCSC)Cc1cc(C(C)(C)C)cc(c1O)C2. The molecule has 0 spiro atoms. The maximum Gasteiger partial charge on any atom is 0.126 e. The lowest BCUT2D eigenvalue weighted by Crippen LogP contribution is -2.17. The molecule has 56 heavy (non-hydrogen) atoms. The van der Waals surface area contributed by atoms with E-state index in [2.05, 4.69) is 144 Å². The number of ether oxygens (including phenoxy) is 2. The largest absolute Gasteiger partial charge is 0.507 e. The van der Waals surface area contributed by atoms with Crippen LogP contribution in [0.5, 0.6) is 23.0 Å². The quantitative estimate of drug-likeness (QED) is 0.153. The van der Waals surface area contributed by atoms with Gasteiger partial charge in [0.1, 0.15) is 23.0 Å². The van der Waals surface area contributed by atoms with Gasteiger partial charge in [-0.25, -0.2) is 0 Å². The summed E-state index contributed by atoms with van der Waals surface area (Å²) in [6, 6.07) is 18.0. The van der Waals surface area contributed by atoms with Crippen LogP contribution in [-0.4, -0.2) is 47.4 Å². The molecule has 4 nitrogen and oxygen atoms in total. The molecule has 304 valence electrons. The lowest BCUT2D eigenvalue weighted by atomic mass is 9.79. The van der Waals surface area contributed by atoms with E-state index >= 15 is 0 Å². The van der Waals surface area contributed by atoms with E-state index in [9.17, 15) is 10.2 Å². The molecule has 0 fully saturated rings. The second kappa shape index (κ2) is 16.9. The minimum atomic E-state index is -0.144. The summed E-state index contributed by atoms with van der Waals surface area (Å²) >= 11 is 3.53. The van der Waals surface area contributed by atoms with E-state index in [1.165, 1.54) is 22.3 Å². The molecule has 4 aromatic rings. The van der Waals surface area contributed by atoms with Crippen molar-refractivity contribution in [2.45, 2.75) is 130 Å². The van der Waals surface area contributed by atoms with Crippen LogP contribution in [0.15, 0.2) is 48.5 Å². The van der Waals surface area contributed by atoms with Gasteiger partial charge in [0.05, 0.1) is 13.2 Å². The highest BCUT2D eigenvalue weighted by Gasteiger charge is 2.28. The van der Waals surface area contributed by atoms with Crippen molar-refractivity contribution in [2.75, 3.05) is 37.2 Å². The molecule has 0 saturated heterocycles. The third kappa shape index (κ3) is 10.3. The third-order valence-electron chi connectivity index (χ3n) is 11.1. The fourth-order valence-corrected chi connectivity index (χ4v) is 7.97. The fourth-order valence-electron chi connectivity index (χ4n) is 7.47. The highest BCUT2D eigenvalue weighted by Crippen LogP contribution is 2.43.